The molecule has 1 aliphatic heterocycles. The van der Waals surface area contributed by atoms with Crippen LogP contribution in [0.15, 0.2) is 42.6 Å². The molecule has 1 aliphatic rings. The number of nitrogens with zero attached hydrogens (tertiary/aromatic N) is 3. The van der Waals surface area contributed by atoms with Crippen molar-refractivity contribution in [2.24, 2.45) is 0 Å². The second-order valence-electron chi connectivity index (χ2n) is 5.95. The van der Waals surface area contributed by atoms with Crippen LogP contribution in [0.1, 0.15) is 18.1 Å². The standard InChI is InChI=1S/C17H19N3O3/c1-13-10-16(18-11-15(13)20(21)22)19-8-9-23-17(2,12-19)14-6-4-3-5-7-14/h3-7,10-11H,8-9,12H2,1-2H3. The lowest BCUT2D eigenvalue weighted by atomic mass is 9.94. The molecule has 0 N–H and O–H groups in total. The van der Waals surface area contributed by atoms with Gasteiger partial charge in [0.1, 0.15) is 17.6 Å². The van der Waals surface area contributed by atoms with Crippen LogP contribution in [0.3, 0.4) is 0 Å². The van der Waals surface area contributed by atoms with E-state index in [0.717, 1.165) is 11.4 Å². The number of aromatic nitrogens is 1. The van der Waals surface area contributed by atoms with Crippen molar-refractivity contribution in [2.45, 2.75) is 19.4 Å². The van der Waals surface area contributed by atoms with Crippen LogP contribution in [-0.2, 0) is 10.3 Å². The molecular weight excluding hydrogens is 294 g/mol. The summed E-state index contributed by atoms with van der Waals surface area (Å²) >= 11 is 0. The Bertz CT molecular complexity index is 720. The predicted molar refractivity (Wildman–Crippen MR) is 87.6 cm³/mol. The number of aryl methyl sites for hydroxylation is 1. The Hall–Kier alpha value is -2.47. The van der Waals surface area contributed by atoms with Gasteiger partial charge < -0.3 is 9.64 Å². The second-order valence-corrected chi connectivity index (χ2v) is 5.95. The second kappa shape index (κ2) is 5.96. The highest BCUT2D eigenvalue weighted by molar-refractivity contribution is 5.49. The van der Waals surface area contributed by atoms with E-state index < -0.39 is 10.5 Å². The summed E-state index contributed by atoms with van der Waals surface area (Å²) in [5, 5.41) is 10.9. The lowest BCUT2D eigenvalue weighted by molar-refractivity contribution is -0.385. The number of ether oxygens (including phenoxy) is 1. The summed E-state index contributed by atoms with van der Waals surface area (Å²) in [5.41, 5.74) is 1.36. The molecule has 6 nitrogen and oxygen atoms in total. The maximum atomic E-state index is 10.9. The summed E-state index contributed by atoms with van der Waals surface area (Å²) in [6.07, 6.45) is 1.33. The van der Waals surface area contributed by atoms with Gasteiger partial charge in [0.15, 0.2) is 0 Å². The first-order chi connectivity index (χ1) is 11.0. The summed E-state index contributed by atoms with van der Waals surface area (Å²) in [7, 11) is 0. The summed E-state index contributed by atoms with van der Waals surface area (Å²) < 4.78 is 6.02. The molecule has 1 fully saturated rings. The molecule has 6 heteroatoms. The van der Waals surface area contributed by atoms with Crippen molar-refractivity contribution in [1.82, 2.24) is 4.98 Å². The van der Waals surface area contributed by atoms with E-state index in [1.807, 2.05) is 18.2 Å². The Kier molecular flexibility index (Phi) is 4.00. The van der Waals surface area contributed by atoms with E-state index in [-0.39, 0.29) is 5.69 Å². The van der Waals surface area contributed by atoms with Gasteiger partial charge in [-0.05, 0) is 25.5 Å². The number of nitro groups is 1. The zero-order chi connectivity index (χ0) is 16.4. The fourth-order valence-corrected chi connectivity index (χ4v) is 2.93. The number of hydrogen-bond donors (Lipinski definition) is 0. The maximum absolute atomic E-state index is 10.9. The van der Waals surface area contributed by atoms with Crippen molar-refractivity contribution in [3.8, 4) is 0 Å². The van der Waals surface area contributed by atoms with Gasteiger partial charge in [0.25, 0.3) is 5.69 Å². The van der Waals surface area contributed by atoms with E-state index >= 15 is 0 Å². The quantitative estimate of drug-likeness (QED) is 0.643. The number of morpholine rings is 1. The third kappa shape index (κ3) is 3.03. The normalized spacial score (nSPS) is 21.2. The molecule has 2 heterocycles. The SMILES string of the molecule is Cc1cc(N2CCOC(C)(c3ccccc3)C2)ncc1[N+](=O)[O-]. The van der Waals surface area contributed by atoms with Crippen LogP contribution in [0.2, 0.25) is 0 Å². The van der Waals surface area contributed by atoms with Crippen LogP contribution in [0, 0.1) is 17.0 Å². The summed E-state index contributed by atoms with van der Waals surface area (Å²) in [5.74, 6) is 0.749. The first-order valence-electron chi connectivity index (χ1n) is 7.55. The largest absolute Gasteiger partial charge is 0.367 e. The number of hydrogen-bond acceptors (Lipinski definition) is 5. The van der Waals surface area contributed by atoms with E-state index in [1.54, 1.807) is 13.0 Å². The Labute approximate surface area is 134 Å². The Morgan fingerprint density at radius 1 is 1.35 bits per heavy atom. The van der Waals surface area contributed by atoms with Crippen molar-refractivity contribution in [2.75, 3.05) is 24.6 Å². The van der Waals surface area contributed by atoms with Gasteiger partial charge in [-0.1, -0.05) is 30.3 Å². The molecule has 2 aromatic rings. The summed E-state index contributed by atoms with van der Waals surface area (Å²) in [6.45, 7) is 5.75. The molecule has 120 valence electrons. The monoisotopic (exact) mass is 313 g/mol. The van der Waals surface area contributed by atoms with Crippen LogP contribution in [-0.4, -0.2) is 29.6 Å². The molecule has 23 heavy (non-hydrogen) atoms. The predicted octanol–water partition coefficient (Wildman–Crippen LogP) is 3.05. The molecule has 1 aromatic heterocycles. The van der Waals surface area contributed by atoms with Crippen molar-refractivity contribution >= 4 is 11.5 Å². The van der Waals surface area contributed by atoms with E-state index in [9.17, 15) is 10.1 Å². The van der Waals surface area contributed by atoms with E-state index in [2.05, 4.69) is 28.9 Å². The van der Waals surface area contributed by atoms with E-state index in [1.165, 1.54) is 6.20 Å². The molecule has 0 spiro atoms. The topological polar surface area (TPSA) is 68.5 Å². The van der Waals surface area contributed by atoms with Crippen LogP contribution < -0.4 is 4.90 Å². The number of anilines is 1. The van der Waals surface area contributed by atoms with Gasteiger partial charge in [0.05, 0.1) is 18.1 Å². The number of rotatable bonds is 3. The third-order valence-corrected chi connectivity index (χ3v) is 4.25. The average Bonchev–Trinajstić information content (AvgIpc) is 2.55. The summed E-state index contributed by atoms with van der Waals surface area (Å²) in [6, 6.07) is 11.9. The van der Waals surface area contributed by atoms with Crippen molar-refractivity contribution < 1.29 is 9.66 Å². The highest BCUT2D eigenvalue weighted by atomic mass is 16.6. The lowest BCUT2D eigenvalue weighted by Crippen LogP contribution is -2.48. The van der Waals surface area contributed by atoms with E-state index in [0.29, 0.717) is 25.3 Å². The van der Waals surface area contributed by atoms with Gasteiger partial charge in [-0.2, -0.15) is 0 Å². The van der Waals surface area contributed by atoms with Crippen LogP contribution in [0.5, 0.6) is 0 Å². The zero-order valence-electron chi connectivity index (χ0n) is 13.2. The first-order valence-corrected chi connectivity index (χ1v) is 7.55. The van der Waals surface area contributed by atoms with Crippen LogP contribution in [0.4, 0.5) is 11.5 Å². The van der Waals surface area contributed by atoms with Crippen molar-refractivity contribution in [3.63, 3.8) is 0 Å². The van der Waals surface area contributed by atoms with Gasteiger partial charge >= 0.3 is 0 Å². The van der Waals surface area contributed by atoms with Gasteiger partial charge in [0.2, 0.25) is 0 Å². The number of benzene rings is 1. The third-order valence-electron chi connectivity index (χ3n) is 4.25. The summed E-state index contributed by atoms with van der Waals surface area (Å²) in [4.78, 5) is 16.9. The molecule has 0 amide bonds. The maximum Gasteiger partial charge on any atom is 0.290 e. The van der Waals surface area contributed by atoms with Crippen molar-refractivity contribution in [3.05, 3.63) is 63.8 Å². The van der Waals surface area contributed by atoms with Gasteiger partial charge in [-0.3, -0.25) is 10.1 Å². The van der Waals surface area contributed by atoms with Gasteiger partial charge in [-0.15, -0.1) is 0 Å². The highest BCUT2D eigenvalue weighted by Crippen LogP contribution is 2.32. The molecule has 0 saturated carbocycles. The minimum atomic E-state index is -0.420. The first kappa shape index (κ1) is 15.4. The fraction of sp³-hybridized carbons (Fsp3) is 0.353. The smallest absolute Gasteiger partial charge is 0.290 e. The van der Waals surface area contributed by atoms with Gasteiger partial charge in [-0.25, -0.2) is 4.98 Å². The Balaban J connectivity index is 1.87. The molecule has 3 rings (SSSR count). The molecular formula is C17H19N3O3. The van der Waals surface area contributed by atoms with Gasteiger partial charge in [0, 0.05) is 12.1 Å². The molecule has 1 atom stereocenters. The molecule has 1 saturated heterocycles. The molecule has 0 radical (unpaired) electrons. The molecule has 1 aromatic carbocycles. The molecule has 1 unspecified atom stereocenters. The minimum absolute atomic E-state index is 0.0489. The van der Waals surface area contributed by atoms with E-state index in [4.69, 9.17) is 4.74 Å². The average molecular weight is 313 g/mol. The van der Waals surface area contributed by atoms with Crippen LogP contribution in [0.25, 0.3) is 0 Å². The van der Waals surface area contributed by atoms with Crippen molar-refractivity contribution in [1.29, 1.82) is 0 Å². The Morgan fingerprint density at radius 3 is 2.74 bits per heavy atom. The number of pyridine rings is 1. The fourth-order valence-electron chi connectivity index (χ4n) is 2.93. The lowest BCUT2D eigenvalue weighted by Gasteiger charge is -2.41. The minimum Gasteiger partial charge on any atom is -0.367 e. The Morgan fingerprint density at radius 2 is 2.09 bits per heavy atom. The highest BCUT2D eigenvalue weighted by Gasteiger charge is 2.34. The molecule has 0 bridgehead atoms. The van der Waals surface area contributed by atoms with Crippen LogP contribution >= 0.6 is 0 Å². The molecule has 0 aliphatic carbocycles. The zero-order valence-corrected chi connectivity index (χ0v) is 13.2.